The van der Waals surface area contributed by atoms with Crippen LogP contribution in [0.25, 0.3) is 0 Å². The number of rotatable bonds is 4. The van der Waals surface area contributed by atoms with Crippen LogP contribution >= 0.6 is 15.9 Å². The number of halogens is 1. The van der Waals surface area contributed by atoms with Crippen LogP contribution in [-0.4, -0.2) is 9.97 Å². The molecule has 0 saturated carbocycles. The van der Waals surface area contributed by atoms with E-state index >= 15 is 0 Å². The van der Waals surface area contributed by atoms with Gasteiger partial charge < -0.3 is 15.8 Å². The smallest absolute Gasteiger partial charge is 0.240 e. The molecule has 152 valence electrons. The Bertz CT molecular complexity index is 1110. The van der Waals surface area contributed by atoms with Gasteiger partial charge >= 0.3 is 0 Å². The fourth-order valence-corrected chi connectivity index (χ4v) is 2.85. The number of nitrogens with zero attached hydrogens (tertiary/aromatic N) is 4. The molecule has 0 saturated heterocycles. The minimum atomic E-state index is 0.213. The van der Waals surface area contributed by atoms with Crippen molar-refractivity contribution < 1.29 is 4.74 Å². The summed E-state index contributed by atoms with van der Waals surface area (Å²) >= 11 is 3.36. The van der Waals surface area contributed by atoms with Crippen LogP contribution in [0.1, 0.15) is 36.1 Å². The number of aryl methyl sites for hydroxylation is 2. The van der Waals surface area contributed by atoms with Crippen LogP contribution in [-0.2, 0) is 0 Å². The maximum Gasteiger partial charge on any atom is 0.240 e. The maximum atomic E-state index is 9.10. The van der Waals surface area contributed by atoms with E-state index < -0.39 is 0 Å². The number of nitrogens with one attached hydrogen (secondary N) is 1. The molecule has 2 aromatic carbocycles. The third-order valence-corrected chi connectivity index (χ3v) is 4.65. The van der Waals surface area contributed by atoms with E-state index in [2.05, 4.69) is 43.4 Å². The third kappa shape index (κ3) is 5.25. The summed E-state index contributed by atoms with van der Waals surface area (Å²) in [5, 5.41) is 21.0. The van der Waals surface area contributed by atoms with Gasteiger partial charge in [0.25, 0.3) is 0 Å². The van der Waals surface area contributed by atoms with Crippen LogP contribution in [0.3, 0.4) is 0 Å². The normalized spacial score (nSPS) is 9.57. The van der Waals surface area contributed by atoms with Gasteiger partial charge in [0, 0.05) is 5.69 Å². The van der Waals surface area contributed by atoms with Crippen molar-refractivity contribution in [3.63, 3.8) is 0 Å². The molecule has 1 heterocycles. The van der Waals surface area contributed by atoms with Crippen LogP contribution in [0, 0.1) is 36.5 Å². The molecule has 3 rings (SSSR count). The largest absolute Gasteiger partial charge is 0.437 e. The number of anilines is 3. The lowest BCUT2D eigenvalue weighted by atomic mass is 10.1. The number of nitrogen functional groups attached to an aromatic ring is 1. The second-order valence-electron chi connectivity index (χ2n) is 6.02. The molecule has 3 aromatic rings. The fourth-order valence-electron chi connectivity index (χ4n) is 2.60. The highest BCUT2D eigenvalue weighted by atomic mass is 79.9. The van der Waals surface area contributed by atoms with Gasteiger partial charge in [0.05, 0.1) is 23.3 Å². The number of benzene rings is 2. The summed E-state index contributed by atoms with van der Waals surface area (Å²) in [7, 11) is 0. The summed E-state index contributed by atoms with van der Waals surface area (Å²) in [4.78, 5) is 8.60. The van der Waals surface area contributed by atoms with Crippen molar-refractivity contribution in [3.05, 3.63) is 63.1 Å². The molecule has 3 N–H and O–H groups in total. The first-order valence-electron chi connectivity index (χ1n) is 9.20. The first-order chi connectivity index (χ1) is 14.4. The average molecular weight is 465 g/mol. The van der Waals surface area contributed by atoms with Crippen LogP contribution in [0.2, 0.25) is 0 Å². The minimum absolute atomic E-state index is 0.213. The number of hydrogen-bond acceptors (Lipinski definition) is 7. The van der Waals surface area contributed by atoms with Crippen molar-refractivity contribution >= 4 is 33.4 Å². The van der Waals surface area contributed by atoms with Crippen molar-refractivity contribution in [2.24, 2.45) is 0 Å². The molecule has 7 nitrogen and oxygen atoms in total. The zero-order valence-electron chi connectivity index (χ0n) is 17.1. The zero-order valence-corrected chi connectivity index (χ0v) is 18.7. The SMILES string of the molecule is CC.Cc1cc(C#N)cc(C)c1Oc1nc(Nc2ccc(C#N)cc2)nc(N)c1Br. The van der Waals surface area contributed by atoms with E-state index in [0.717, 1.165) is 11.1 Å². The first kappa shape index (κ1) is 22.7. The van der Waals surface area contributed by atoms with Crippen molar-refractivity contribution in [2.75, 3.05) is 11.1 Å². The minimum Gasteiger partial charge on any atom is -0.437 e. The van der Waals surface area contributed by atoms with Crippen LogP contribution in [0.5, 0.6) is 11.6 Å². The quantitative estimate of drug-likeness (QED) is 0.504. The number of ether oxygens (including phenoxy) is 1. The topological polar surface area (TPSA) is 121 Å². The number of nitrogens with two attached hydrogens (primary N) is 1. The Balaban J connectivity index is 0.00000155. The van der Waals surface area contributed by atoms with E-state index in [9.17, 15) is 0 Å². The van der Waals surface area contributed by atoms with Gasteiger partial charge in [-0.3, -0.25) is 0 Å². The predicted octanol–water partition coefficient (Wildman–Crippen LogP) is 5.74. The van der Waals surface area contributed by atoms with Gasteiger partial charge in [-0.2, -0.15) is 20.5 Å². The molecular weight excluding hydrogens is 444 g/mol. The number of aromatic nitrogens is 2. The van der Waals surface area contributed by atoms with Crippen LogP contribution < -0.4 is 15.8 Å². The Morgan fingerprint density at radius 2 is 1.53 bits per heavy atom. The van der Waals surface area contributed by atoms with Crippen molar-refractivity contribution in [3.8, 4) is 23.8 Å². The van der Waals surface area contributed by atoms with Gasteiger partial charge in [0.2, 0.25) is 11.8 Å². The first-order valence-corrected chi connectivity index (χ1v) is 10.00. The van der Waals surface area contributed by atoms with Gasteiger partial charge in [0.15, 0.2) is 0 Å². The molecule has 0 amide bonds. The summed E-state index contributed by atoms with van der Waals surface area (Å²) in [5.74, 6) is 1.32. The van der Waals surface area contributed by atoms with E-state index in [1.807, 2.05) is 27.7 Å². The Hall–Kier alpha value is -3.62. The van der Waals surface area contributed by atoms with Gasteiger partial charge in [-0.1, -0.05) is 13.8 Å². The lowest BCUT2D eigenvalue weighted by Gasteiger charge is -2.14. The molecule has 8 heteroatoms. The number of nitriles is 2. The van der Waals surface area contributed by atoms with E-state index in [1.165, 1.54) is 0 Å². The maximum absolute atomic E-state index is 9.10. The molecule has 0 aliphatic rings. The van der Waals surface area contributed by atoms with Crippen molar-refractivity contribution in [2.45, 2.75) is 27.7 Å². The molecule has 0 atom stereocenters. The zero-order chi connectivity index (χ0) is 22.3. The van der Waals surface area contributed by atoms with Gasteiger partial charge in [-0.15, -0.1) is 0 Å². The molecule has 0 fully saturated rings. The second-order valence-corrected chi connectivity index (χ2v) is 6.81. The van der Waals surface area contributed by atoms with E-state index in [1.54, 1.807) is 36.4 Å². The third-order valence-electron chi connectivity index (χ3n) is 3.90. The average Bonchev–Trinajstić information content (AvgIpc) is 2.75. The molecule has 1 aromatic heterocycles. The molecule has 0 radical (unpaired) electrons. The summed E-state index contributed by atoms with van der Waals surface area (Å²) in [6.07, 6.45) is 0. The van der Waals surface area contributed by atoms with E-state index in [0.29, 0.717) is 27.0 Å². The van der Waals surface area contributed by atoms with Gasteiger partial charge in [-0.25, -0.2) is 0 Å². The predicted molar refractivity (Wildman–Crippen MR) is 121 cm³/mol. The summed E-state index contributed by atoms with van der Waals surface area (Å²) < 4.78 is 6.43. The molecule has 0 bridgehead atoms. The molecule has 0 unspecified atom stereocenters. The van der Waals surface area contributed by atoms with Crippen LogP contribution in [0.4, 0.5) is 17.5 Å². The van der Waals surface area contributed by atoms with E-state index in [4.69, 9.17) is 21.0 Å². The lowest BCUT2D eigenvalue weighted by molar-refractivity contribution is 0.453. The van der Waals surface area contributed by atoms with Crippen molar-refractivity contribution in [1.82, 2.24) is 9.97 Å². The molecule has 30 heavy (non-hydrogen) atoms. The van der Waals surface area contributed by atoms with E-state index in [-0.39, 0.29) is 17.6 Å². The highest BCUT2D eigenvalue weighted by molar-refractivity contribution is 9.10. The highest BCUT2D eigenvalue weighted by Gasteiger charge is 2.16. The highest BCUT2D eigenvalue weighted by Crippen LogP contribution is 2.36. The Morgan fingerprint density at radius 3 is 2.07 bits per heavy atom. The summed E-state index contributed by atoms with van der Waals surface area (Å²) in [6.45, 7) is 7.72. The standard InChI is InChI=1S/C20H15BrN6O.C2H6/c1-11-7-14(10-23)8-12(2)17(11)28-19-16(21)18(24)26-20(27-19)25-15-5-3-13(9-22)4-6-15;1-2/h3-8H,1-2H3,(H3,24,25,26,27);1-2H3. The van der Waals surface area contributed by atoms with Crippen LogP contribution in [0.15, 0.2) is 40.9 Å². The fraction of sp³-hybridized carbons (Fsp3) is 0.182. The summed E-state index contributed by atoms with van der Waals surface area (Å²) in [6, 6.07) is 14.5. The Kier molecular flexibility index (Phi) is 7.74. The number of hydrogen-bond donors (Lipinski definition) is 2. The van der Waals surface area contributed by atoms with Crippen molar-refractivity contribution in [1.29, 1.82) is 10.5 Å². The molecule has 0 aliphatic heterocycles. The molecular formula is C22H21BrN6O. The molecule has 0 spiro atoms. The van der Waals surface area contributed by atoms with Gasteiger partial charge in [0.1, 0.15) is 16.0 Å². The Labute approximate surface area is 184 Å². The lowest BCUT2D eigenvalue weighted by Crippen LogP contribution is -2.04. The van der Waals surface area contributed by atoms with Gasteiger partial charge in [-0.05, 0) is 77.3 Å². The Morgan fingerprint density at radius 1 is 0.967 bits per heavy atom. The molecule has 0 aliphatic carbocycles. The second kappa shape index (κ2) is 10.2. The summed E-state index contributed by atoms with van der Waals surface area (Å²) in [5.41, 5.74) is 9.43. The monoisotopic (exact) mass is 464 g/mol.